The summed E-state index contributed by atoms with van der Waals surface area (Å²) in [5, 5.41) is 17.5. The van der Waals surface area contributed by atoms with E-state index in [-0.39, 0.29) is 0 Å². The van der Waals surface area contributed by atoms with Gasteiger partial charge in [0.15, 0.2) is 0 Å². The number of hydrogen-bond donors (Lipinski definition) is 0. The Balaban J connectivity index is 2.35. The molecule has 2 rings (SSSR count). The van der Waals surface area contributed by atoms with Gasteiger partial charge in [0, 0.05) is 6.54 Å². The quantitative estimate of drug-likeness (QED) is 0.784. The van der Waals surface area contributed by atoms with Gasteiger partial charge in [-0.25, -0.2) is 0 Å². The number of nitriles is 1. The monoisotopic (exact) mass is 284 g/mol. The molecule has 1 aromatic heterocycles. The lowest BCUT2D eigenvalue weighted by Crippen LogP contribution is -2.30. The molecule has 0 N–H and O–H groups in total. The molecule has 1 aromatic carbocycles. The van der Waals surface area contributed by atoms with Crippen LogP contribution in [0.4, 0.5) is 0 Å². The van der Waals surface area contributed by atoms with E-state index >= 15 is 0 Å². The third-order valence-corrected chi connectivity index (χ3v) is 3.73. The Morgan fingerprint density at radius 2 is 1.90 bits per heavy atom. The van der Waals surface area contributed by atoms with Crippen molar-refractivity contribution in [1.29, 1.82) is 5.26 Å². The normalized spacial score (nSPS) is 13.4. The van der Waals surface area contributed by atoms with Crippen LogP contribution < -0.4 is 4.74 Å². The Hall–Kier alpha value is -2.35. The van der Waals surface area contributed by atoms with Crippen molar-refractivity contribution in [3.63, 3.8) is 0 Å². The lowest BCUT2D eigenvalue weighted by molar-refractivity contribution is 0.404. The second-order valence-corrected chi connectivity index (χ2v) is 5.16. The molecule has 2 aromatic rings. The zero-order chi connectivity index (χ0) is 15.1. The van der Waals surface area contributed by atoms with Gasteiger partial charge in [0.05, 0.1) is 13.2 Å². The molecule has 0 amide bonds. The molecule has 21 heavy (non-hydrogen) atoms. The lowest BCUT2D eigenvalue weighted by Gasteiger charge is -2.27. The van der Waals surface area contributed by atoms with Gasteiger partial charge in [0.2, 0.25) is 0 Å². The number of methoxy groups -OCH3 is 1. The average molecular weight is 284 g/mol. The van der Waals surface area contributed by atoms with Gasteiger partial charge in [0.1, 0.15) is 23.8 Å². The lowest BCUT2D eigenvalue weighted by atomic mass is 9.77. The number of nitrogens with zero attached hydrogens (tertiary/aromatic N) is 4. The van der Waals surface area contributed by atoms with Crippen molar-refractivity contribution in [3.8, 4) is 11.8 Å². The van der Waals surface area contributed by atoms with E-state index < -0.39 is 5.41 Å². The smallest absolute Gasteiger partial charge is 0.119 e. The predicted octanol–water partition coefficient (Wildman–Crippen LogP) is 2.94. The fourth-order valence-electron chi connectivity index (χ4n) is 2.47. The highest BCUT2D eigenvalue weighted by molar-refractivity contribution is 5.36. The molecule has 0 radical (unpaired) electrons. The number of rotatable bonds is 7. The van der Waals surface area contributed by atoms with E-state index in [4.69, 9.17) is 4.74 Å². The van der Waals surface area contributed by atoms with Crippen LogP contribution in [0.3, 0.4) is 0 Å². The summed E-state index contributed by atoms with van der Waals surface area (Å²) in [7, 11) is 1.64. The topological polar surface area (TPSA) is 63.7 Å². The van der Waals surface area contributed by atoms with Gasteiger partial charge < -0.3 is 9.30 Å². The van der Waals surface area contributed by atoms with Gasteiger partial charge in [-0.3, -0.25) is 0 Å². The molecule has 5 heteroatoms. The summed E-state index contributed by atoms with van der Waals surface area (Å²) in [6.07, 6.45) is 6.18. The highest BCUT2D eigenvalue weighted by atomic mass is 16.5. The summed E-state index contributed by atoms with van der Waals surface area (Å²) in [6, 6.07) is 10.3. The van der Waals surface area contributed by atoms with Crippen LogP contribution in [-0.4, -0.2) is 21.9 Å². The fraction of sp³-hybridized carbons (Fsp3) is 0.438. The number of aromatic nitrogens is 3. The van der Waals surface area contributed by atoms with E-state index in [0.29, 0.717) is 6.54 Å². The first-order valence-electron chi connectivity index (χ1n) is 7.12. The molecule has 1 unspecified atom stereocenters. The number of benzene rings is 1. The van der Waals surface area contributed by atoms with Crippen LogP contribution in [0, 0.1) is 11.3 Å². The van der Waals surface area contributed by atoms with E-state index in [1.807, 2.05) is 28.8 Å². The summed E-state index contributed by atoms with van der Waals surface area (Å²) >= 11 is 0. The summed E-state index contributed by atoms with van der Waals surface area (Å²) in [5.74, 6) is 0.797. The molecule has 0 saturated heterocycles. The Bertz CT molecular complexity index is 586. The Kier molecular flexibility index (Phi) is 4.94. The minimum atomic E-state index is -0.565. The Morgan fingerprint density at radius 1 is 1.24 bits per heavy atom. The molecule has 0 fully saturated rings. The minimum absolute atomic E-state index is 0.558. The van der Waals surface area contributed by atoms with Gasteiger partial charge in [0.25, 0.3) is 0 Å². The zero-order valence-electron chi connectivity index (χ0n) is 12.5. The average Bonchev–Trinajstić information content (AvgIpc) is 3.04. The van der Waals surface area contributed by atoms with Crippen molar-refractivity contribution in [1.82, 2.24) is 14.8 Å². The Morgan fingerprint density at radius 3 is 2.43 bits per heavy atom. The molecule has 1 heterocycles. The number of hydrogen-bond acceptors (Lipinski definition) is 4. The zero-order valence-corrected chi connectivity index (χ0v) is 12.5. The van der Waals surface area contributed by atoms with E-state index in [9.17, 15) is 5.26 Å². The maximum absolute atomic E-state index is 9.85. The van der Waals surface area contributed by atoms with Crippen LogP contribution >= 0.6 is 0 Å². The summed E-state index contributed by atoms with van der Waals surface area (Å²) in [6.45, 7) is 2.69. The van der Waals surface area contributed by atoms with Gasteiger partial charge in [-0.05, 0) is 24.1 Å². The molecule has 0 saturated carbocycles. The first kappa shape index (κ1) is 15.0. The van der Waals surface area contributed by atoms with Gasteiger partial charge in [-0.2, -0.15) is 5.26 Å². The van der Waals surface area contributed by atoms with E-state index in [1.165, 1.54) is 0 Å². The third kappa shape index (κ3) is 3.40. The van der Waals surface area contributed by atoms with Crippen molar-refractivity contribution >= 4 is 0 Å². The Labute approximate surface area is 125 Å². The van der Waals surface area contributed by atoms with Crippen LogP contribution in [0.5, 0.6) is 5.75 Å². The molecular formula is C16H20N4O. The molecule has 0 aliphatic carbocycles. The SMILES string of the molecule is CCCCC(C#N)(Cn1cnnc1)c1ccc(OC)cc1. The summed E-state index contributed by atoms with van der Waals surface area (Å²) in [5.41, 5.74) is 0.443. The van der Waals surface area contributed by atoms with Crippen LogP contribution in [0.1, 0.15) is 31.7 Å². The van der Waals surface area contributed by atoms with Crippen LogP contribution in [-0.2, 0) is 12.0 Å². The number of unbranched alkanes of at least 4 members (excludes halogenated alkanes) is 1. The predicted molar refractivity (Wildman–Crippen MR) is 79.8 cm³/mol. The highest BCUT2D eigenvalue weighted by Crippen LogP contribution is 2.32. The van der Waals surface area contributed by atoms with E-state index in [0.717, 1.165) is 30.6 Å². The summed E-state index contributed by atoms with van der Waals surface area (Å²) in [4.78, 5) is 0. The van der Waals surface area contributed by atoms with Gasteiger partial charge in [-0.1, -0.05) is 31.9 Å². The van der Waals surface area contributed by atoms with E-state index in [2.05, 4.69) is 23.2 Å². The maximum Gasteiger partial charge on any atom is 0.119 e. The third-order valence-electron chi connectivity index (χ3n) is 3.73. The maximum atomic E-state index is 9.85. The summed E-state index contributed by atoms with van der Waals surface area (Å²) < 4.78 is 7.06. The first-order chi connectivity index (χ1) is 10.2. The van der Waals surface area contributed by atoms with Crippen LogP contribution in [0.15, 0.2) is 36.9 Å². The second-order valence-electron chi connectivity index (χ2n) is 5.16. The largest absolute Gasteiger partial charge is 0.497 e. The molecule has 0 aliphatic heterocycles. The molecule has 5 nitrogen and oxygen atoms in total. The van der Waals surface area contributed by atoms with Gasteiger partial charge >= 0.3 is 0 Å². The molecule has 0 spiro atoms. The first-order valence-corrected chi connectivity index (χ1v) is 7.12. The van der Waals surface area contributed by atoms with Crippen LogP contribution in [0.2, 0.25) is 0 Å². The molecule has 0 bridgehead atoms. The van der Waals surface area contributed by atoms with Crippen molar-refractivity contribution in [2.24, 2.45) is 0 Å². The second kappa shape index (κ2) is 6.89. The standard InChI is InChI=1S/C16H20N4O/c1-3-4-9-16(10-17,11-20-12-18-19-13-20)14-5-7-15(21-2)8-6-14/h5-8,12-13H,3-4,9,11H2,1-2H3. The highest BCUT2D eigenvalue weighted by Gasteiger charge is 2.32. The molecule has 0 aliphatic rings. The van der Waals surface area contributed by atoms with Crippen molar-refractivity contribution in [2.45, 2.75) is 38.1 Å². The van der Waals surface area contributed by atoms with Crippen LogP contribution in [0.25, 0.3) is 0 Å². The van der Waals surface area contributed by atoms with Crippen molar-refractivity contribution in [3.05, 3.63) is 42.5 Å². The molecular weight excluding hydrogens is 264 g/mol. The fourth-order valence-corrected chi connectivity index (χ4v) is 2.47. The van der Waals surface area contributed by atoms with Gasteiger partial charge in [-0.15, -0.1) is 10.2 Å². The van der Waals surface area contributed by atoms with Crippen molar-refractivity contribution in [2.75, 3.05) is 7.11 Å². The van der Waals surface area contributed by atoms with E-state index in [1.54, 1.807) is 19.8 Å². The minimum Gasteiger partial charge on any atom is -0.497 e. The molecule has 110 valence electrons. The molecule has 1 atom stereocenters. The number of ether oxygens (including phenoxy) is 1. The van der Waals surface area contributed by atoms with Crippen molar-refractivity contribution < 1.29 is 4.74 Å².